The molecule has 0 aromatic heterocycles. The van der Waals surface area contributed by atoms with E-state index in [1.807, 2.05) is 0 Å². The molecule has 0 bridgehead atoms. The van der Waals surface area contributed by atoms with Gasteiger partial charge in [0.2, 0.25) is 0 Å². The summed E-state index contributed by atoms with van der Waals surface area (Å²) in [7, 11) is 4.30. The lowest BCUT2D eigenvalue weighted by atomic mass is 9.79. The fourth-order valence-electron chi connectivity index (χ4n) is 3.10. The summed E-state index contributed by atoms with van der Waals surface area (Å²) in [5.41, 5.74) is 1.37. The number of aliphatic hydroxyl groups excluding tert-OH is 1. The first-order valence-corrected chi connectivity index (χ1v) is 7.47. The molecule has 1 atom stereocenters. The number of benzene rings is 1. The third-order valence-corrected chi connectivity index (χ3v) is 4.43. The minimum Gasteiger partial charge on any atom is -0.393 e. The highest BCUT2D eigenvalue weighted by Gasteiger charge is 2.29. The van der Waals surface area contributed by atoms with Crippen molar-refractivity contribution in [2.45, 2.75) is 37.8 Å². The maximum Gasteiger partial charge on any atom is 0.0540 e. The molecule has 0 heterocycles. The quantitative estimate of drug-likeness (QED) is 0.922. The average Bonchev–Trinajstić information content (AvgIpc) is 2.32. The van der Waals surface area contributed by atoms with Crippen molar-refractivity contribution in [1.29, 1.82) is 0 Å². The third kappa shape index (κ3) is 3.34. The second-order valence-electron chi connectivity index (χ2n) is 5.53. The Morgan fingerprint density at radius 2 is 1.89 bits per heavy atom. The van der Waals surface area contributed by atoms with Crippen molar-refractivity contribution in [3.63, 3.8) is 0 Å². The van der Waals surface area contributed by atoms with Gasteiger partial charge in [0.05, 0.1) is 6.10 Å². The standard InChI is InChI=1S/C15H22BrNO/c1-17(2)15(11-6-8-14(18)9-7-11)12-4-3-5-13(16)10-12/h3-5,10-11,14-15,18H,6-9H2,1-2H3. The molecule has 1 aliphatic carbocycles. The van der Waals surface area contributed by atoms with E-state index in [1.165, 1.54) is 5.56 Å². The Hall–Kier alpha value is -0.380. The first kappa shape index (κ1) is 14.0. The molecule has 1 aromatic rings. The van der Waals surface area contributed by atoms with E-state index in [0.717, 1.165) is 30.2 Å². The second-order valence-corrected chi connectivity index (χ2v) is 6.45. The van der Waals surface area contributed by atoms with Gasteiger partial charge in [-0.1, -0.05) is 28.1 Å². The zero-order valence-corrected chi connectivity index (χ0v) is 12.7. The lowest BCUT2D eigenvalue weighted by Gasteiger charge is -2.36. The smallest absolute Gasteiger partial charge is 0.0540 e. The minimum atomic E-state index is -0.0772. The Kier molecular flexibility index (Phi) is 4.82. The Balaban J connectivity index is 2.18. The number of rotatable bonds is 3. The fraction of sp³-hybridized carbons (Fsp3) is 0.600. The maximum atomic E-state index is 9.64. The summed E-state index contributed by atoms with van der Waals surface area (Å²) in [6.07, 6.45) is 4.06. The van der Waals surface area contributed by atoms with Gasteiger partial charge in [-0.2, -0.15) is 0 Å². The van der Waals surface area contributed by atoms with Crippen molar-refractivity contribution in [1.82, 2.24) is 4.90 Å². The molecule has 18 heavy (non-hydrogen) atoms. The number of aliphatic hydroxyl groups is 1. The first-order chi connectivity index (χ1) is 8.58. The van der Waals surface area contributed by atoms with E-state index in [-0.39, 0.29) is 6.10 Å². The zero-order valence-electron chi connectivity index (χ0n) is 11.1. The number of hydrogen-bond donors (Lipinski definition) is 1. The van der Waals surface area contributed by atoms with Crippen molar-refractivity contribution in [3.05, 3.63) is 34.3 Å². The molecule has 1 aliphatic rings. The largest absolute Gasteiger partial charge is 0.393 e. The molecular weight excluding hydrogens is 290 g/mol. The van der Waals surface area contributed by atoms with E-state index in [9.17, 15) is 5.11 Å². The van der Waals surface area contributed by atoms with Crippen LogP contribution >= 0.6 is 15.9 Å². The lowest BCUT2D eigenvalue weighted by molar-refractivity contribution is 0.0779. The van der Waals surface area contributed by atoms with Crippen LogP contribution in [-0.2, 0) is 0 Å². The van der Waals surface area contributed by atoms with Gasteiger partial charge in [-0.25, -0.2) is 0 Å². The van der Waals surface area contributed by atoms with Crippen LogP contribution in [0.1, 0.15) is 37.3 Å². The molecule has 3 heteroatoms. The van der Waals surface area contributed by atoms with Crippen molar-refractivity contribution in [3.8, 4) is 0 Å². The molecule has 1 N–H and O–H groups in total. The highest BCUT2D eigenvalue weighted by atomic mass is 79.9. The minimum absolute atomic E-state index is 0.0772. The molecule has 1 unspecified atom stereocenters. The highest BCUT2D eigenvalue weighted by molar-refractivity contribution is 9.10. The van der Waals surface area contributed by atoms with E-state index < -0.39 is 0 Å². The summed E-state index contributed by atoms with van der Waals surface area (Å²) >= 11 is 3.55. The van der Waals surface area contributed by atoms with Gasteiger partial charge in [0.25, 0.3) is 0 Å². The SMILES string of the molecule is CN(C)C(c1cccc(Br)c1)C1CCC(O)CC1. The molecule has 0 radical (unpaired) electrons. The molecule has 1 aromatic carbocycles. The van der Waals surface area contributed by atoms with Crippen LogP contribution in [0.3, 0.4) is 0 Å². The van der Waals surface area contributed by atoms with E-state index in [0.29, 0.717) is 12.0 Å². The second kappa shape index (κ2) is 6.18. The van der Waals surface area contributed by atoms with Gasteiger partial charge in [0.1, 0.15) is 0 Å². The van der Waals surface area contributed by atoms with Crippen LogP contribution < -0.4 is 0 Å². The molecule has 1 fully saturated rings. The summed E-state index contributed by atoms with van der Waals surface area (Å²) < 4.78 is 1.14. The normalized spacial score (nSPS) is 26.3. The summed E-state index contributed by atoms with van der Waals surface area (Å²) in [5.74, 6) is 0.651. The molecule has 2 nitrogen and oxygen atoms in total. The number of hydrogen-bond acceptors (Lipinski definition) is 2. The molecule has 2 rings (SSSR count). The van der Waals surface area contributed by atoms with Gasteiger partial charge in [0.15, 0.2) is 0 Å². The summed E-state index contributed by atoms with van der Waals surface area (Å²) in [4.78, 5) is 2.31. The van der Waals surface area contributed by atoms with Crippen LogP contribution in [0.4, 0.5) is 0 Å². The molecule has 1 saturated carbocycles. The van der Waals surface area contributed by atoms with Crippen LogP contribution in [0.25, 0.3) is 0 Å². The number of halogens is 1. The van der Waals surface area contributed by atoms with Gasteiger partial charge in [-0.15, -0.1) is 0 Å². The van der Waals surface area contributed by atoms with Crippen LogP contribution in [0.5, 0.6) is 0 Å². The molecular formula is C15H22BrNO. The zero-order chi connectivity index (χ0) is 13.1. The van der Waals surface area contributed by atoms with Gasteiger partial charge in [-0.3, -0.25) is 0 Å². The van der Waals surface area contributed by atoms with Crippen LogP contribution in [-0.4, -0.2) is 30.2 Å². The Labute approximate surface area is 118 Å². The van der Waals surface area contributed by atoms with E-state index in [1.54, 1.807) is 0 Å². The highest BCUT2D eigenvalue weighted by Crippen LogP contribution is 2.37. The van der Waals surface area contributed by atoms with E-state index in [2.05, 4.69) is 59.2 Å². The van der Waals surface area contributed by atoms with E-state index in [4.69, 9.17) is 0 Å². The van der Waals surface area contributed by atoms with Crippen LogP contribution in [0.15, 0.2) is 28.7 Å². The molecule has 0 aliphatic heterocycles. The van der Waals surface area contributed by atoms with Crippen molar-refractivity contribution in [2.75, 3.05) is 14.1 Å². The summed E-state index contributed by atoms with van der Waals surface area (Å²) in [6, 6.07) is 9.06. The number of nitrogens with zero attached hydrogens (tertiary/aromatic N) is 1. The van der Waals surface area contributed by atoms with Crippen LogP contribution in [0, 0.1) is 5.92 Å². The monoisotopic (exact) mass is 311 g/mol. The lowest BCUT2D eigenvalue weighted by Crippen LogP contribution is -2.31. The Morgan fingerprint density at radius 3 is 2.44 bits per heavy atom. The van der Waals surface area contributed by atoms with Crippen molar-refractivity contribution < 1.29 is 5.11 Å². The van der Waals surface area contributed by atoms with Gasteiger partial charge in [0, 0.05) is 10.5 Å². The summed E-state index contributed by atoms with van der Waals surface area (Å²) in [6.45, 7) is 0. The van der Waals surface area contributed by atoms with Gasteiger partial charge in [-0.05, 0) is 63.4 Å². The topological polar surface area (TPSA) is 23.5 Å². The Morgan fingerprint density at radius 1 is 1.22 bits per heavy atom. The molecule has 0 amide bonds. The van der Waals surface area contributed by atoms with Crippen LogP contribution in [0.2, 0.25) is 0 Å². The third-order valence-electron chi connectivity index (χ3n) is 3.93. The fourth-order valence-corrected chi connectivity index (χ4v) is 3.52. The van der Waals surface area contributed by atoms with Crippen molar-refractivity contribution in [2.24, 2.45) is 5.92 Å². The van der Waals surface area contributed by atoms with E-state index >= 15 is 0 Å². The molecule has 100 valence electrons. The average molecular weight is 312 g/mol. The van der Waals surface area contributed by atoms with Crippen molar-refractivity contribution >= 4 is 15.9 Å². The van der Waals surface area contributed by atoms with Gasteiger partial charge >= 0.3 is 0 Å². The maximum absolute atomic E-state index is 9.64. The molecule has 0 saturated heterocycles. The Bertz CT molecular complexity index is 386. The predicted octanol–water partition coefficient (Wildman–Crippen LogP) is 3.60. The molecule has 0 spiro atoms. The predicted molar refractivity (Wildman–Crippen MR) is 78.5 cm³/mol. The first-order valence-electron chi connectivity index (χ1n) is 6.68. The summed E-state index contributed by atoms with van der Waals surface area (Å²) in [5, 5.41) is 9.64. The van der Waals surface area contributed by atoms with Gasteiger partial charge < -0.3 is 10.0 Å².